The van der Waals surface area contributed by atoms with Crippen molar-refractivity contribution in [2.45, 2.75) is 32.6 Å². The van der Waals surface area contributed by atoms with Crippen LogP contribution in [0.25, 0.3) is 11.1 Å². The first-order chi connectivity index (χ1) is 17.5. The van der Waals surface area contributed by atoms with Crippen molar-refractivity contribution in [1.82, 2.24) is 14.1 Å². The minimum atomic E-state index is -0.502. The van der Waals surface area contributed by atoms with Crippen molar-refractivity contribution in [2.24, 2.45) is 7.05 Å². The molecule has 0 saturated carbocycles. The molecule has 0 amide bonds. The highest BCUT2D eigenvalue weighted by Gasteiger charge is 2.22. The standard InChI is InChI=1S/C28H24ClN5O2/c1-3-11-34-26(24(13-22(15-31)28(34)35)21-5-4-6-23(29)12-21)17-36-27(25-16-32-18-33(25)2)20-9-7-19(14-30)8-10-20/h4-10,12-13,16,18,27H,3,11,17H2,1-2H3. The van der Waals surface area contributed by atoms with Crippen molar-refractivity contribution in [3.63, 3.8) is 0 Å². The van der Waals surface area contributed by atoms with Gasteiger partial charge in [0, 0.05) is 24.2 Å². The van der Waals surface area contributed by atoms with Gasteiger partial charge in [0.15, 0.2) is 0 Å². The first kappa shape index (κ1) is 24.9. The monoisotopic (exact) mass is 497 g/mol. The Morgan fingerprint density at radius 1 is 1.11 bits per heavy atom. The number of aryl methyl sites for hydroxylation is 1. The Hall–Kier alpha value is -4.17. The molecule has 0 saturated heterocycles. The lowest BCUT2D eigenvalue weighted by Gasteiger charge is -2.23. The predicted molar refractivity (Wildman–Crippen MR) is 137 cm³/mol. The van der Waals surface area contributed by atoms with Crippen LogP contribution in [-0.2, 0) is 24.9 Å². The highest BCUT2D eigenvalue weighted by atomic mass is 35.5. The molecule has 36 heavy (non-hydrogen) atoms. The summed E-state index contributed by atoms with van der Waals surface area (Å²) in [5.74, 6) is 0. The van der Waals surface area contributed by atoms with Gasteiger partial charge in [-0.05, 0) is 47.9 Å². The Labute approximate surface area is 214 Å². The number of hydrogen-bond acceptors (Lipinski definition) is 5. The molecule has 180 valence electrons. The average Bonchev–Trinajstić information content (AvgIpc) is 3.32. The number of aromatic nitrogens is 3. The third-order valence-corrected chi connectivity index (χ3v) is 6.19. The summed E-state index contributed by atoms with van der Waals surface area (Å²) in [6.07, 6.45) is 3.63. The summed E-state index contributed by atoms with van der Waals surface area (Å²) in [5, 5.41) is 19.4. The van der Waals surface area contributed by atoms with E-state index in [2.05, 4.69) is 11.1 Å². The Morgan fingerprint density at radius 2 is 1.89 bits per heavy atom. The highest BCUT2D eigenvalue weighted by Crippen LogP contribution is 2.31. The molecular weight excluding hydrogens is 474 g/mol. The molecular formula is C28H24ClN5O2. The molecule has 2 aromatic heterocycles. The van der Waals surface area contributed by atoms with E-state index in [0.717, 1.165) is 16.8 Å². The Kier molecular flexibility index (Phi) is 7.65. The lowest BCUT2D eigenvalue weighted by atomic mass is 10.0. The van der Waals surface area contributed by atoms with Crippen LogP contribution in [0, 0.1) is 22.7 Å². The van der Waals surface area contributed by atoms with Crippen molar-refractivity contribution in [3.8, 4) is 23.3 Å². The van der Waals surface area contributed by atoms with Crippen LogP contribution in [0.15, 0.2) is 71.9 Å². The van der Waals surface area contributed by atoms with Crippen LogP contribution >= 0.6 is 11.6 Å². The largest absolute Gasteiger partial charge is 0.361 e. The fourth-order valence-electron chi connectivity index (χ4n) is 4.17. The van der Waals surface area contributed by atoms with E-state index in [1.807, 2.05) is 54.9 Å². The second-order valence-electron chi connectivity index (χ2n) is 8.35. The number of nitriles is 2. The third kappa shape index (κ3) is 5.08. The fourth-order valence-corrected chi connectivity index (χ4v) is 4.36. The number of nitrogens with zero attached hydrogens (tertiary/aromatic N) is 5. The summed E-state index contributed by atoms with van der Waals surface area (Å²) < 4.78 is 9.99. The van der Waals surface area contributed by atoms with Gasteiger partial charge in [0.05, 0.1) is 42.2 Å². The van der Waals surface area contributed by atoms with E-state index in [-0.39, 0.29) is 17.7 Å². The van der Waals surface area contributed by atoms with Gasteiger partial charge in [0.25, 0.3) is 5.56 Å². The second-order valence-corrected chi connectivity index (χ2v) is 8.79. The maximum Gasteiger partial charge on any atom is 0.268 e. The lowest BCUT2D eigenvalue weighted by molar-refractivity contribution is 0.0580. The predicted octanol–water partition coefficient (Wildman–Crippen LogP) is 5.36. The number of imidazole rings is 1. The van der Waals surface area contributed by atoms with Crippen molar-refractivity contribution in [2.75, 3.05) is 0 Å². The van der Waals surface area contributed by atoms with Crippen LogP contribution in [0.1, 0.15) is 47.5 Å². The van der Waals surface area contributed by atoms with Crippen LogP contribution in [0.3, 0.4) is 0 Å². The molecule has 0 spiro atoms. The molecule has 0 fully saturated rings. The average molecular weight is 498 g/mol. The van der Waals surface area contributed by atoms with Gasteiger partial charge in [-0.1, -0.05) is 42.8 Å². The molecule has 1 atom stereocenters. The molecule has 0 bridgehead atoms. The van der Waals surface area contributed by atoms with E-state index in [0.29, 0.717) is 34.8 Å². The molecule has 0 N–H and O–H groups in total. The van der Waals surface area contributed by atoms with E-state index in [9.17, 15) is 15.3 Å². The van der Waals surface area contributed by atoms with Gasteiger partial charge in [0.2, 0.25) is 0 Å². The first-order valence-corrected chi connectivity index (χ1v) is 11.8. The molecule has 2 heterocycles. The van der Waals surface area contributed by atoms with Gasteiger partial charge < -0.3 is 13.9 Å². The third-order valence-electron chi connectivity index (χ3n) is 5.96. The number of ether oxygens (including phenoxy) is 1. The minimum Gasteiger partial charge on any atom is -0.361 e. The SMILES string of the molecule is CCCn1c(COC(c2ccc(C#N)cc2)c2cncn2C)c(-c2cccc(Cl)c2)cc(C#N)c1=O. The molecule has 4 aromatic rings. The maximum atomic E-state index is 13.1. The summed E-state index contributed by atoms with van der Waals surface area (Å²) in [5.41, 5.74) is 4.10. The van der Waals surface area contributed by atoms with Gasteiger partial charge in [0.1, 0.15) is 17.7 Å². The van der Waals surface area contributed by atoms with Crippen molar-refractivity contribution in [1.29, 1.82) is 10.5 Å². The second kappa shape index (κ2) is 11.0. The molecule has 0 aliphatic carbocycles. The molecule has 7 nitrogen and oxygen atoms in total. The first-order valence-electron chi connectivity index (χ1n) is 11.5. The van der Waals surface area contributed by atoms with Crippen LogP contribution in [0.5, 0.6) is 0 Å². The van der Waals surface area contributed by atoms with E-state index in [1.165, 1.54) is 0 Å². The van der Waals surface area contributed by atoms with E-state index < -0.39 is 6.10 Å². The molecule has 0 radical (unpaired) electrons. The van der Waals surface area contributed by atoms with E-state index in [4.69, 9.17) is 16.3 Å². The van der Waals surface area contributed by atoms with Gasteiger partial charge in [-0.2, -0.15) is 10.5 Å². The zero-order valence-electron chi connectivity index (χ0n) is 20.0. The molecule has 1 unspecified atom stereocenters. The Balaban J connectivity index is 1.83. The summed E-state index contributed by atoms with van der Waals surface area (Å²) in [6, 6.07) is 20.3. The van der Waals surface area contributed by atoms with Gasteiger partial charge in [-0.15, -0.1) is 0 Å². The number of pyridine rings is 1. The number of halogens is 1. The summed E-state index contributed by atoms with van der Waals surface area (Å²) in [7, 11) is 1.88. The smallest absolute Gasteiger partial charge is 0.268 e. The summed E-state index contributed by atoms with van der Waals surface area (Å²) >= 11 is 6.27. The van der Waals surface area contributed by atoms with Gasteiger partial charge in [-0.3, -0.25) is 4.79 Å². The Bertz CT molecular complexity index is 1520. The normalized spacial score (nSPS) is 11.6. The quantitative estimate of drug-likeness (QED) is 0.326. The summed E-state index contributed by atoms with van der Waals surface area (Å²) in [6.45, 7) is 2.51. The van der Waals surface area contributed by atoms with Crippen molar-refractivity contribution in [3.05, 3.63) is 111 Å². The maximum absolute atomic E-state index is 13.1. The molecule has 2 aromatic carbocycles. The van der Waals surface area contributed by atoms with Crippen molar-refractivity contribution < 1.29 is 4.74 Å². The van der Waals surface area contributed by atoms with E-state index in [1.54, 1.807) is 41.4 Å². The minimum absolute atomic E-state index is 0.0671. The number of benzene rings is 2. The highest BCUT2D eigenvalue weighted by molar-refractivity contribution is 6.30. The van der Waals surface area contributed by atoms with Gasteiger partial charge in [-0.25, -0.2) is 4.98 Å². The molecule has 4 rings (SSSR count). The Morgan fingerprint density at radius 3 is 2.50 bits per heavy atom. The van der Waals surface area contributed by atoms with Crippen LogP contribution < -0.4 is 5.56 Å². The molecule has 0 aliphatic heterocycles. The summed E-state index contributed by atoms with van der Waals surface area (Å²) in [4.78, 5) is 17.4. The zero-order valence-corrected chi connectivity index (χ0v) is 20.7. The van der Waals surface area contributed by atoms with Crippen LogP contribution in [0.2, 0.25) is 5.02 Å². The van der Waals surface area contributed by atoms with Crippen LogP contribution in [-0.4, -0.2) is 14.1 Å². The van der Waals surface area contributed by atoms with Crippen LogP contribution in [0.4, 0.5) is 0 Å². The zero-order chi connectivity index (χ0) is 25.7. The van der Waals surface area contributed by atoms with Gasteiger partial charge >= 0.3 is 0 Å². The van der Waals surface area contributed by atoms with E-state index >= 15 is 0 Å². The molecule has 0 aliphatic rings. The topological polar surface area (TPSA) is 96.6 Å². The number of hydrogen-bond donors (Lipinski definition) is 0. The molecule has 8 heteroatoms. The fraction of sp³-hybridized carbons (Fsp3) is 0.214. The number of rotatable bonds is 8. The van der Waals surface area contributed by atoms with Crippen molar-refractivity contribution >= 4 is 11.6 Å². The lowest BCUT2D eigenvalue weighted by Crippen LogP contribution is -2.27.